The normalized spacial score (nSPS) is 14.9. The molecule has 0 aromatic rings. The molecule has 0 fully saturated rings. The van der Waals surface area contributed by atoms with E-state index < -0.39 is 26.4 Å². The van der Waals surface area contributed by atoms with E-state index in [1.165, 1.54) is 38.5 Å². The predicted octanol–water partition coefficient (Wildman–Crippen LogP) is 6.09. The number of carbonyl (C=O) groups is 2. The van der Waals surface area contributed by atoms with E-state index in [1.54, 1.807) is 0 Å². The largest absolute Gasteiger partial charge is 0.480 e. The Kier molecular flexibility index (Phi) is 17.0. The maximum atomic E-state index is 12.2. The molecule has 0 aromatic heterocycles. The summed E-state index contributed by atoms with van der Waals surface area (Å²) in [5.41, 5.74) is 6.08. The Hall–Kier alpha value is -0.990. The van der Waals surface area contributed by atoms with Crippen molar-refractivity contribution in [2.45, 2.75) is 111 Å². The van der Waals surface area contributed by atoms with E-state index in [9.17, 15) is 14.2 Å². The monoisotopic (exact) mass is 523 g/mol. The average molecular weight is 524 g/mol. The fraction of sp³-hybridized carbons (Fsp3) is 0.920. The van der Waals surface area contributed by atoms with Gasteiger partial charge in [-0.15, -0.1) is 0 Å². The first-order valence-corrected chi connectivity index (χ1v) is 14.5. The summed E-state index contributed by atoms with van der Waals surface area (Å²) in [6, 6.07) is -1.34. The number of carbonyl (C=O) groups excluding carboxylic acids is 1. The molecule has 0 rings (SSSR count). The lowest BCUT2D eigenvalue weighted by atomic mass is 9.65. The Balaban J connectivity index is 4.17. The molecule has 0 saturated heterocycles. The molecule has 0 aliphatic carbocycles. The third-order valence-corrected chi connectivity index (χ3v) is 8.76. The van der Waals surface area contributed by atoms with Crippen molar-refractivity contribution in [3.63, 3.8) is 0 Å². The van der Waals surface area contributed by atoms with Crippen LogP contribution in [-0.2, 0) is 32.5 Å². The first-order chi connectivity index (χ1) is 16.4. The van der Waals surface area contributed by atoms with Gasteiger partial charge >= 0.3 is 19.8 Å². The van der Waals surface area contributed by atoms with Crippen molar-refractivity contribution < 1.29 is 37.6 Å². The van der Waals surface area contributed by atoms with Crippen LogP contribution in [0.4, 0.5) is 0 Å². The van der Waals surface area contributed by atoms with Gasteiger partial charge in [-0.1, -0.05) is 73.1 Å². The minimum absolute atomic E-state index is 0.0364. The van der Waals surface area contributed by atoms with Crippen LogP contribution in [0.5, 0.6) is 0 Å². The summed E-state index contributed by atoms with van der Waals surface area (Å²) < 4.78 is 32.1. The maximum absolute atomic E-state index is 12.2. The molecule has 0 radical (unpaired) electrons. The van der Waals surface area contributed by atoms with Crippen molar-refractivity contribution in [1.82, 2.24) is 0 Å². The van der Waals surface area contributed by atoms with Crippen LogP contribution >= 0.6 is 7.82 Å². The SMILES string of the molecule is CCC(C)(CC)CC(CC)(CC)CCCCCC(=O)OCCCOP(=O)(OC)OC[C@H](N)C(=O)O. The number of phosphoric ester groups is 1. The molecule has 0 aromatic carbocycles. The molecule has 0 aliphatic heterocycles. The molecule has 9 nitrogen and oxygen atoms in total. The average Bonchev–Trinajstić information content (AvgIpc) is 2.85. The summed E-state index contributed by atoms with van der Waals surface area (Å²) in [6.07, 6.45) is 10.8. The number of phosphoric acid groups is 1. The van der Waals surface area contributed by atoms with Crippen LogP contribution in [0.2, 0.25) is 0 Å². The zero-order chi connectivity index (χ0) is 27.0. The fourth-order valence-corrected chi connectivity index (χ4v) is 5.15. The van der Waals surface area contributed by atoms with E-state index in [2.05, 4.69) is 34.6 Å². The van der Waals surface area contributed by atoms with Crippen molar-refractivity contribution >= 4 is 19.8 Å². The highest BCUT2D eigenvalue weighted by Gasteiger charge is 2.34. The first kappa shape index (κ1) is 34.0. The quantitative estimate of drug-likeness (QED) is 0.0981. The van der Waals surface area contributed by atoms with Gasteiger partial charge < -0.3 is 15.6 Å². The third kappa shape index (κ3) is 13.8. The topological polar surface area (TPSA) is 134 Å². The Morgan fingerprint density at radius 2 is 1.57 bits per heavy atom. The first-order valence-electron chi connectivity index (χ1n) is 13.0. The number of carboxylic acids is 1. The number of ether oxygens (including phenoxy) is 1. The van der Waals surface area contributed by atoms with Gasteiger partial charge in [0, 0.05) is 20.0 Å². The molecule has 1 unspecified atom stereocenters. The van der Waals surface area contributed by atoms with Crippen molar-refractivity contribution in [2.24, 2.45) is 16.6 Å². The molecule has 0 saturated carbocycles. The second-order valence-corrected chi connectivity index (χ2v) is 11.5. The van der Waals surface area contributed by atoms with Gasteiger partial charge in [-0.3, -0.25) is 23.2 Å². The number of hydrogen-bond donors (Lipinski definition) is 2. The lowest BCUT2D eigenvalue weighted by molar-refractivity contribution is -0.144. The maximum Gasteiger partial charge on any atom is 0.474 e. The van der Waals surface area contributed by atoms with Gasteiger partial charge in [0.1, 0.15) is 6.04 Å². The Morgan fingerprint density at radius 3 is 2.09 bits per heavy atom. The highest BCUT2D eigenvalue weighted by atomic mass is 31.2. The van der Waals surface area contributed by atoms with Crippen molar-refractivity contribution in [1.29, 1.82) is 0 Å². The number of hydrogen-bond acceptors (Lipinski definition) is 8. The van der Waals surface area contributed by atoms with Crippen LogP contribution in [0.25, 0.3) is 0 Å². The van der Waals surface area contributed by atoms with Gasteiger partial charge in [0.15, 0.2) is 0 Å². The molecule has 0 bridgehead atoms. The summed E-state index contributed by atoms with van der Waals surface area (Å²) >= 11 is 0. The Labute approximate surface area is 212 Å². The summed E-state index contributed by atoms with van der Waals surface area (Å²) in [6.45, 7) is 11.2. The molecule has 2 atom stereocenters. The van der Waals surface area contributed by atoms with Crippen LogP contribution in [0, 0.1) is 10.8 Å². The van der Waals surface area contributed by atoms with Crippen molar-refractivity contribution in [3.8, 4) is 0 Å². The lowest BCUT2D eigenvalue weighted by Crippen LogP contribution is -2.34. The molecule has 0 spiro atoms. The number of carboxylic acid groups (broad SMARTS) is 1. The van der Waals surface area contributed by atoms with E-state index in [4.69, 9.17) is 29.1 Å². The molecular formula is C25H50NO8P. The van der Waals surface area contributed by atoms with Gasteiger partial charge in [0.05, 0.1) is 19.8 Å². The van der Waals surface area contributed by atoms with E-state index in [0.717, 1.165) is 26.4 Å². The van der Waals surface area contributed by atoms with Gasteiger partial charge in [-0.05, 0) is 30.1 Å². The van der Waals surface area contributed by atoms with Crippen LogP contribution in [0.15, 0.2) is 0 Å². The molecule has 0 aliphatic rings. The standard InChI is InChI=1S/C25H50NO8P/c1-7-24(5,8-2)20-25(9-3,10-4)16-13-11-12-15-22(27)32-17-14-18-33-35(30,31-6)34-19-21(26)23(28)29/h21H,7-20,26H2,1-6H3,(H,28,29)/t21-,35?/m0/s1. The number of esters is 1. The molecule has 0 amide bonds. The van der Waals surface area contributed by atoms with Gasteiger partial charge in [0.2, 0.25) is 0 Å². The second-order valence-electron chi connectivity index (χ2n) is 9.74. The van der Waals surface area contributed by atoms with Crippen LogP contribution < -0.4 is 5.73 Å². The highest BCUT2D eigenvalue weighted by molar-refractivity contribution is 7.48. The minimum Gasteiger partial charge on any atom is -0.480 e. The third-order valence-electron chi connectivity index (χ3n) is 7.35. The number of aliphatic carboxylic acids is 1. The van der Waals surface area contributed by atoms with E-state index in [1.807, 2.05) is 0 Å². The van der Waals surface area contributed by atoms with Crippen LogP contribution in [-0.4, -0.2) is 50.0 Å². The van der Waals surface area contributed by atoms with Crippen molar-refractivity contribution in [2.75, 3.05) is 26.9 Å². The number of unbranched alkanes of at least 4 members (excludes halogenated alkanes) is 2. The van der Waals surface area contributed by atoms with E-state index in [-0.39, 0.29) is 19.2 Å². The van der Waals surface area contributed by atoms with Gasteiger partial charge in [-0.2, -0.15) is 0 Å². The number of rotatable bonds is 22. The van der Waals surface area contributed by atoms with Gasteiger partial charge in [-0.25, -0.2) is 4.57 Å². The molecule has 10 heteroatoms. The zero-order valence-corrected chi connectivity index (χ0v) is 23.7. The van der Waals surface area contributed by atoms with E-state index >= 15 is 0 Å². The number of nitrogens with two attached hydrogens (primary N) is 1. The predicted molar refractivity (Wildman–Crippen MR) is 137 cm³/mol. The lowest BCUT2D eigenvalue weighted by Gasteiger charge is -2.41. The summed E-state index contributed by atoms with van der Waals surface area (Å²) in [7, 11) is -2.77. The van der Waals surface area contributed by atoms with E-state index in [0.29, 0.717) is 23.7 Å². The zero-order valence-electron chi connectivity index (χ0n) is 22.8. The molecular weight excluding hydrogens is 473 g/mol. The highest BCUT2D eigenvalue weighted by Crippen LogP contribution is 2.48. The Morgan fingerprint density at radius 1 is 0.943 bits per heavy atom. The Bertz CT molecular complexity index is 649. The fourth-order valence-electron chi connectivity index (χ4n) is 4.17. The molecule has 3 N–H and O–H groups in total. The van der Waals surface area contributed by atoms with Gasteiger partial charge in [0.25, 0.3) is 0 Å². The summed E-state index contributed by atoms with van der Waals surface area (Å²) in [4.78, 5) is 22.7. The molecule has 35 heavy (non-hydrogen) atoms. The van der Waals surface area contributed by atoms with Crippen molar-refractivity contribution in [3.05, 3.63) is 0 Å². The second kappa shape index (κ2) is 17.5. The van der Waals surface area contributed by atoms with Crippen LogP contribution in [0.1, 0.15) is 105 Å². The summed E-state index contributed by atoms with van der Waals surface area (Å²) in [5, 5.41) is 8.73. The van der Waals surface area contributed by atoms with Crippen LogP contribution in [0.3, 0.4) is 0 Å². The molecule has 0 heterocycles. The molecule has 208 valence electrons. The summed E-state index contributed by atoms with van der Waals surface area (Å²) in [5.74, 6) is -1.55. The smallest absolute Gasteiger partial charge is 0.474 e. The minimum atomic E-state index is -3.90.